The van der Waals surface area contributed by atoms with Crippen LogP contribution in [0.1, 0.15) is 11.1 Å². The van der Waals surface area contributed by atoms with Crippen LogP contribution in [0.5, 0.6) is 0 Å². The fraction of sp³-hybridized carbons (Fsp3) is 0.158. The van der Waals surface area contributed by atoms with E-state index in [1.807, 2.05) is 54.7 Å². The van der Waals surface area contributed by atoms with Crippen LogP contribution in [0.15, 0.2) is 60.8 Å². The summed E-state index contributed by atoms with van der Waals surface area (Å²) < 4.78 is 0. The molecule has 1 atom stereocenters. The monoisotopic (exact) mass is 335 g/mol. The second-order valence-electron chi connectivity index (χ2n) is 5.98. The number of hydrogen-bond acceptors (Lipinski definition) is 2. The predicted octanol–water partition coefficient (Wildman–Crippen LogP) is 3.00. The molecule has 0 unspecified atom stereocenters. The number of rotatable bonds is 4. The highest BCUT2D eigenvalue weighted by Crippen LogP contribution is 2.21. The molecule has 1 aliphatic rings. The molecule has 1 fully saturated rings. The highest BCUT2D eigenvalue weighted by molar-refractivity contribution is 7.80. The summed E-state index contributed by atoms with van der Waals surface area (Å²) in [5.41, 5.74) is 3.28. The molecule has 5 heteroatoms. The smallest absolute Gasteiger partial charge is 0.251 e. The van der Waals surface area contributed by atoms with Crippen molar-refractivity contribution < 1.29 is 4.79 Å². The number of hydrogen-bond donors (Lipinski definition) is 2. The van der Waals surface area contributed by atoms with Crippen LogP contribution in [0.2, 0.25) is 0 Å². The van der Waals surface area contributed by atoms with Crippen LogP contribution in [0.3, 0.4) is 0 Å². The van der Waals surface area contributed by atoms with Crippen LogP contribution >= 0.6 is 12.2 Å². The zero-order valence-corrected chi connectivity index (χ0v) is 13.8. The molecule has 1 aliphatic heterocycles. The molecule has 4 rings (SSSR count). The molecule has 24 heavy (non-hydrogen) atoms. The summed E-state index contributed by atoms with van der Waals surface area (Å²) in [6.45, 7) is 0.510. The van der Waals surface area contributed by atoms with Crippen molar-refractivity contribution in [1.82, 2.24) is 15.2 Å². The van der Waals surface area contributed by atoms with E-state index in [1.54, 1.807) is 4.90 Å². The second kappa shape index (κ2) is 6.09. The lowest BCUT2D eigenvalue weighted by Gasteiger charge is -2.14. The van der Waals surface area contributed by atoms with Gasteiger partial charge in [-0.3, -0.25) is 9.69 Å². The lowest BCUT2D eigenvalue weighted by Crippen LogP contribution is -2.32. The van der Waals surface area contributed by atoms with Gasteiger partial charge in [-0.15, -0.1) is 0 Å². The minimum absolute atomic E-state index is 0.0362. The highest BCUT2D eigenvalue weighted by Gasteiger charge is 2.35. The van der Waals surface area contributed by atoms with E-state index in [4.69, 9.17) is 12.2 Å². The molecule has 0 saturated carbocycles. The highest BCUT2D eigenvalue weighted by atomic mass is 32.1. The van der Waals surface area contributed by atoms with Gasteiger partial charge in [0.25, 0.3) is 5.91 Å². The summed E-state index contributed by atoms with van der Waals surface area (Å²) in [4.78, 5) is 17.7. The van der Waals surface area contributed by atoms with Gasteiger partial charge >= 0.3 is 0 Å². The van der Waals surface area contributed by atoms with E-state index in [1.165, 1.54) is 0 Å². The Kier molecular flexibility index (Phi) is 3.78. The first-order chi connectivity index (χ1) is 11.7. The Labute approximate surface area is 145 Å². The second-order valence-corrected chi connectivity index (χ2v) is 6.36. The molecule has 2 aromatic carbocycles. The predicted molar refractivity (Wildman–Crippen MR) is 98.5 cm³/mol. The summed E-state index contributed by atoms with van der Waals surface area (Å²) >= 11 is 5.37. The maximum absolute atomic E-state index is 12.7. The SMILES string of the molecule is O=C1[C@@H](Cc2c[nH]c3ccccc23)NC(=S)N1Cc1ccccc1. The lowest BCUT2D eigenvalue weighted by molar-refractivity contribution is -0.127. The lowest BCUT2D eigenvalue weighted by atomic mass is 10.0. The van der Waals surface area contributed by atoms with E-state index < -0.39 is 0 Å². The van der Waals surface area contributed by atoms with Gasteiger partial charge < -0.3 is 10.3 Å². The minimum Gasteiger partial charge on any atom is -0.361 e. The molecule has 1 saturated heterocycles. The number of nitrogens with zero attached hydrogens (tertiary/aromatic N) is 1. The maximum Gasteiger partial charge on any atom is 0.251 e. The average Bonchev–Trinajstić information content (AvgIpc) is 3.13. The van der Waals surface area contributed by atoms with Crippen molar-refractivity contribution >= 4 is 34.1 Å². The molecule has 2 N–H and O–H groups in total. The summed E-state index contributed by atoms with van der Waals surface area (Å²) in [5.74, 6) is 0.0362. The molecule has 120 valence electrons. The summed E-state index contributed by atoms with van der Waals surface area (Å²) in [6, 6.07) is 17.7. The third-order valence-corrected chi connectivity index (χ3v) is 4.73. The van der Waals surface area contributed by atoms with Gasteiger partial charge in [-0.2, -0.15) is 0 Å². The Hall–Kier alpha value is -2.66. The van der Waals surface area contributed by atoms with Gasteiger partial charge in [-0.25, -0.2) is 0 Å². The summed E-state index contributed by atoms with van der Waals surface area (Å²) in [5, 5.41) is 4.83. The minimum atomic E-state index is -0.305. The van der Waals surface area contributed by atoms with Crippen molar-refractivity contribution in [1.29, 1.82) is 0 Å². The number of thiocarbonyl (C=S) groups is 1. The van der Waals surface area contributed by atoms with E-state index in [2.05, 4.69) is 16.4 Å². The number of nitrogens with one attached hydrogen (secondary N) is 2. The molecule has 0 bridgehead atoms. The number of carbonyl (C=O) groups excluding carboxylic acids is 1. The Bertz CT molecular complexity index is 903. The summed E-state index contributed by atoms with van der Waals surface area (Å²) in [6.07, 6.45) is 2.59. The number of H-pyrrole nitrogens is 1. The number of aromatic amines is 1. The maximum atomic E-state index is 12.7. The van der Waals surface area contributed by atoms with Crippen LogP contribution in [0, 0.1) is 0 Å². The standard InChI is InChI=1S/C19H17N3OS/c23-18-17(10-14-11-20-16-9-5-4-8-15(14)16)21-19(24)22(18)12-13-6-2-1-3-7-13/h1-9,11,17,20H,10,12H2,(H,21,24)/t17-/m1/s1. The Morgan fingerprint density at radius 3 is 2.62 bits per heavy atom. The summed E-state index contributed by atoms with van der Waals surface area (Å²) in [7, 11) is 0. The van der Waals surface area contributed by atoms with Crippen molar-refractivity contribution in [3.8, 4) is 0 Å². The zero-order chi connectivity index (χ0) is 16.5. The Morgan fingerprint density at radius 2 is 1.79 bits per heavy atom. The number of amides is 1. The fourth-order valence-corrected chi connectivity index (χ4v) is 3.45. The van der Waals surface area contributed by atoms with Crippen LogP contribution in [0.4, 0.5) is 0 Å². The van der Waals surface area contributed by atoms with Gasteiger partial charge in [-0.05, 0) is 29.4 Å². The first-order valence-electron chi connectivity index (χ1n) is 7.93. The van der Waals surface area contributed by atoms with E-state index >= 15 is 0 Å². The Balaban J connectivity index is 1.53. The quantitative estimate of drug-likeness (QED) is 0.721. The number of para-hydroxylation sites is 1. The van der Waals surface area contributed by atoms with Crippen molar-refractivity contribution in [2.24, 2.45) is 0 Å². The van der Waals surface area contributed by atoms with Gasteiger partial charge in [0.15, 0.2) is 5.11 Å². The van der Waals surface area contributed by atoms with E-state index in [0.717, 1.165) is 22.0 Å². The van der Waals surface area contributed by atoms with E-state index in [0.29, 0.717) is 18.1 Å². The van der Waals surface area contributed by atoms with Crippen molar-refractivity contribution in [2.75, 3.05) is 0 Å². The number of benzene rings is 2. The van der Waals surface area contributed by atoms with Crippen LogP contribution in [-0.2, 0) is 17.8 Å². The Morgan fingerprint density at radius 1 is 1.04 bits per heavy atom. The molecule has 1 amide bonds. The number of aromatic nitrogens is 1. The van der Waals surface area contributed by atoms with Gasteiger partial charge in [0, 0.05) is 23.5 Å². The zero-order valence-electron chi connectivity index (χ0n) is 13.0. The van der Waals surface area contributed by atoms with Crippen LogP contribution < -0.4 is 5.32 Å². The van der Waals surface area contributed by atoms with Gasteiger partial charge in [-0.1, -0.05) is 48.5 Å². The molecular formula is C19H17N3OS. The molecule has 1 aromatic heterocycles. The van der Waals surface area contributed by atoms with Crippen molar-refractivity contribution in [3.05, 3.63) is 71.9 Å². The van der Waals surface area contributed by atoms with Gasteiger partial charge in [0.2, 0.25) is 0 Å². The van der Waals surface area contributed by atoms with E-state index in [-0.39, 0.29) is 11.9 Å². The third kappa shape index (κ3) is 2.67. The molecule has 4 nitrogen and oxygen atoms in total. The number of fused-ring (bicyclic) bond motifs is 1. The normalized spacial score (nSPS) is 17.5. The van der Waals surface area contributed by atoms with Gasteiger partial charge in [0.05, 0.1) is 6.54 Å². The number of carbonyl (C=O) groups is 1. The topological polar surface area (TPSA) is 48.1 Å². The van der Waals surface area contributed by atoms with Crippen molar-refractivity contribution in [3.63, 3.8) is 0 Å². The third-order valence-electron chi connectivity index (χ3n) is 4.39. The molecule has 0 aliphatic carbocycles. The average molecular weight is 335 g/mol. The van der Waals surface area contributed by atoms with Crippen LogP contribution in [-0.4, -0.2) is 26.9 Å². The molecule has 0 spiro atoms. The first kappa shape index (κ1) is 14.9. The van der Waals surface area contributed by atoms with Gasteiger partial charge in [0.1, 0.15) is 6.04 Å². The molecular weight excluding hydrogens is 318 g/mol. The molecule has 2 heterocycles. The van der Waals surface area contributed by atoms with E-state index in [9.17, 15) is 4.79 Å². The molecule has 3 aromatic rings. The first-order valence-corrected chi connectivity index (χ1v) is 8.34. The van der Waals surface area contributed by atoms with Crippen molar-refractivity contribution in [2.45, 2.75) is 19.0 Å². The molecule has 0 radical (unpaired) electrons. The largest absolute Gasteiger partial charge is 0.361 e. The van der Waals surface area contributed by atoms with Crippen LogP contribution in [0.25, 0.3) is 10.9 Å². The fourth-order valence-electron chi connectivity index (χ4n) is 3.15.